The summed E-state index contributed by atoms with van der Waals surface area (Å²) in [4.78, 5) is 2.41. The molecule has 1 saturated heterocycles. The highest BCUT2D eigenvalue weighted by Gasteiger charge is 2.33. The maximum atomic E-state index is 4.23. The van der Waals surface area contributed by atoms with Crippen LogP contribution in [0, 0.1) is 18.8 Å². The Hall–Kier alpha value is -0.900. The van der Waals surface area contributed by atoms with E-state index in [0.717, 1.165) is 22.0 Å². The van der Waals surface area contributed by atoms with Gasteiger partial charge in [-0.25, -0.2) is 0 Å². The van der Waals surface area contributed by atoms with Gasteiger partial charge in [0.2, 0.25) is 5.13 Å². The number of anilines is 1. The number of hydrogen-bond donors (Lipinski definition) is 0. The molecule has 1 fully saturated rings. The van der Waals surface area contributed by atoms with E-state index >= 15 is 0 Å². The van der Waals surface area contributed by atoms with E-state index in [1.165, 1.54) is 25.9 Å². The first-order valence-electron chi connectivity index (χ1n) is 5.53. The van der Waals surface area contributed by atoms with E-state index in [2.05, 4.69) is 27.2 Å². The van der Waals surface area contributed by atoms with Crippen LogP contribution in [0.5, 0.6) is 0 Å². The quantitative estimate of drug-likeness (QED) is 0.681. The Morgan fingerprint density at radius 2 is 1.87 bits per heavy atom. The number of fused-ring (bicyclic) bond motifs is 1. The molecule has 1 aliphatic heterocycles. The number of hydrogen-bond acceptors (Lipinski definition) is 4. The second kappa shape index (κ2) is 3.59. The topological polar surface area (TPSA) is 29.0 Å². The summed E-state index contributed by atoms with van der Waals surface area (Å²) < 4.78 is 0. The summed E-state index contributed by atoms with van der Waals surface area (Å²) in [5.74, 6) is 1.69. The molecule has 4 heteroatoms. The molecule has 2 atom stereocenters. The van der Waals surface area contributed by atoms with Gasteiger partial charge in [-0.2, -0.15) is 0 Å². The molecule has 0 radical (unpaired) electrons. The minimum absolute atomic E-state index is 0.846. The Bertz CT molecular complexity index is 369. The molecule has 2 unspecified atom stereocenters. The van der Waals surface area contributed by atoms with E-state index < -0.39 is 0 Å². The highest BCUT2D eigenvalue weighted by Crippen LogP contribution is 2.36. The van der Waals surface area contributed by atoms with E-state index in [-0.39, 0.29) is 0 Å². The number of allylic oxidation sites excluding steroid dienone is 2. The van der Waals surface area contributed by atoms with Crippen molar-refractivity contribution in [1.82, 2.24) is 10.2 Å². The molecule has 0 aromatic carbocycles. The molecule has 3 rings (SSSR count). The summed E-state index contributed by atoms with van der Waals surface area (Å²) in [6.45, 7) is 4.36. The zero-order valence-corrected chi connectivity index (χ0v) is 9.70. The summed E-state index contributed by atoms with van der Waals surface area (Å²) in [6.07, 6.45) is 7.16. The van der Waals surface area contributed by atoms with Gasteiger partial charge in [0.15, 0.2) is 0 Å². The fourth-order valence-electron chi connectivity index (χ4n) is 2.58. The van der Waals surface area contributed by atoms with Crippen molar-refractivity contribution in [2.24, 2.45) is 11.8 Å². The lowest BCUT2D eigenvalue weighted by Crippen LogP contribution is -2.19. The minimum atomic E-state index is 0.846. The second-order valence-corrected chi connectivity index (χ2v) is 5.63. The van der Waals surface area contributed by atoms with Gasteiger partial charge in [-0.05, 0) is 31.6 Å². The number of rotatable bonds is 1. The third kappa shape index (κ3) is 1.67. The van der Waals surface area contributed by atoms with Crippen LogP contribution in [-0.4, -0.2) is 23.3 Å². The van der Waals surface area contributed by atoms with Gasteiger partial charge >= 0.3 is 0 Å². The summed E-state index contributed by atoms with van der Waals surface area (Å²) >= 11 is 1.71. The van der Waals surface area contributed by atoms with Gasteiger partial charge in [-0.3, -0.25) is 0 Å². The van der Waals surface area contributed by atoms with Crippen molar-refractivity contribution in [3.05, 3.63) is 17.2 Å². The van der Waals surface area contributed by atoms with E-state index in [1.807, 2.05) is 6.92 Å². The molecule has 80 valence electrons. The summed E-state index contributed by atoms with van der Waals surface area (Å²) in [6, 6.07) is 0. The third-order valence-corrected chi connectivity index (χ3v) is 4.31. The van der Waals surface area contributed by atoms with Gasteiger partial charge in [-0.15, -0.1) is 10.2 Å². The average molecular weight is 221 g/mol. The first kappa shape index (κ1) is 9.33. The fourth-order valence-corrected chi connectivity index (χ4v) is 3.29. The molecule has 1 aliphatic carbocycles. The van der Waals surface area contributed by atoms with Gasteiger partial charge in [0.05, 0.1) is 0 Å². The van der Waals surface area contributed by atoms with E-state index in [4.69, 9.17) is 0 Å². The highest BCUT2D eigenvalue weighted by molar-refractivity contribution is 7.15. The van der Waals surface area contributed by atoms with Crippen molar-refractivity contribution in [1.29, 1.82) is 0 Å². The van der Waals surface area contributed by atoms with Crippen LogP contribution in [0.2, 0.25) is 0 Å². The van der Waals surface area contributed by atoms with Crippen LogP contribution in [0.4, 0.5) is 5.13 Å². The maximum absolute atomic E-state index is 4.23. The largest absolute Gasteiger partial charge is 0.346 e. The van der Waals surface area contributed by atoms with Crippen molar-refractivity contribution in [2.75, 3.05) is 18.0 Å². The normalized spacial score (nSPS) is 29.5. The highest BCUT2D eigenvalue weighted by atomic mass is 32.1. The van der Waals surface area contributed by atoms with Crippen LogP contribution < -0.4 is 4.90 Å². The van der Waals surface area contributed by atoms with E-state index in [9.17, 15) is 0 Å². The third-order valence-electron chi connectivity index (χ3n) is 3.41. The van der Waals surface area contributed by atoms with Gasteiger partial charge in [0.1, 0.15) is 5.01 Å². The molecule has 1 aromatic heterocycles. The fraction of sp³-hybridized carbons (Fsp3) is 0.636. The van der Waals surface area contributed by atoms with Crippen molar-refractivity contribution in [2.45, 2.75) is 19.8 Å². The summed E-state index contributed by atoms with van der Waals surface area (Å²) in [7, 11) is 0. The van der Waals surface area contributed by atoms with E-state index in [1.54, 1.807) is 11.3 Å². The molecular formula is C11H15N3S. The van der Waals surface area contributed by atoms with Gasteiger partial charge in [0.25, 0.3) is 0 Å². The van der Waals surface area contributed by atoms with Gasteiger partial charge in [-0.1, -0.05) is 23.5 Å². The summed E-state index contributed by atoms with van der Waals surface area (Å²) in [5, 5.41) is 10.5. The first-order valence-corrected chi connectivity index (χ1v) is 6.34. The Morgan fingerprint density at radius 1 is 1.20 bits per heavy atom. The molecule has 15 heavy (non-hydrogen) atoms. The van der Waals surface area contributed by atoms with Crippen LogP contribution in [0.25, 0.3) is 0 Å². The van der Waals surface area contributed by atoms with Crippen molar-refractivity contribution in [3.8, 4) is 0 Å². The molecule has 0 saturated carbocycles. The number of aryl methyl sites for hydroxylation is 1. The Kier molecular flexibility index (Phi) is 2.24. The Morgan fingerprint density at radius 3 is 2.40 bits per heavy atom. The molecule has 0 N–H and O–H groups in total. The van der Waals surface area contributed by atoms with Crippen LogP contribution >= 0.6 is 11.3 Å². The maximum Gasteiger partial charge on any atom is 0.208 e. The molecule has 0 amide bonds. The monoisotopic (exact) mass is 221 g/mol. The Balaban J connectivity index is 1.76. The molecule has 0 bridgehead atoms. The predicted octanol–water partition coefficient (Wildman–Crippen LogP) is 2.25. The SMILES string of the molecule is Cc1nnc(N2CC3CC=CCC3C2)s1. The van der Waals surface area contributed by atoms with Crippen LogP contribution in [0.1, 0.15) is 17.8 Å². The standard InChI is InChI=1S/C11H15N3S/c1-8-12-13-11(15-8)14-6-9-4-2-3-5-10(9)7-14/h2-3,9-10H,4-7H2,1H3. The first-order chi connectivity index (χ1) is 7.33. The zero-order valence-electron chi connectivity index (χ0n) is 8.89. The lowest BCUT2D eigenvalue weighted by molar-refractivity contribution is 0.411. The van der Waals surface area contributed by atoms with Crippen molar-refractivity contribution < 1.29 is 0 Å². The van der Waals surface area contributed by atoms with Crippen molar-refractivity contribution in [3.63, 3.8) is 0 Å². The predicted molar refractivity (Wildman–Crippen MR) is 62.2 cm³/mol. The second-order valence-electron chi connectivity index (χ2n) is 4.47. The smallest absolute Gasteiger partial charge is 0.208 e. The molecule has 0 spiro atoms. The number of nitrogens with zero attached hydrogens (tertiary/aromatic N) is 3. The van der Waals surface area contributed by atoms with Gasteiger partial charge in [0, 0.05) is 13.1 Å². The van der Waals surface area contributed by atoms with Crippen molar-refractivity contribution >= 4 is 16.5 Å². The molecule has 3 nitrogen and oxygen atoms in total. The lowest BCUT2D eigenvalue weighted by atomic mass is 9.86. The lowest BCUT2D eigenvalue weighted by Gasteiger charge is -2.17. The summed E-state index contributed by atoms with van der Waals surface area (Å²) in [5.41, 5.74) is 0. The molecule has 2 heterocycles. The number of aromatic nitrogens is 2. The van der Waals surface area contributed by atoms with Crippen LogP contribution in [-0.2, 0) is 0 Å². The van der Waals surface area contributed by atoms with Crippen LogP contribution in [0.3, 0.4) is 0 Å². The molecule has 2 aliphatic rings. The average Bonchev–Trinajstić information content (AvgIpc) is 2.82. The van der Waals surface area contributed by atoms with Crippen LogP contribution in [0.15, 0.2) is 12.2 Å². The molecule has 1 aromatic rings. The van der Waals surface area contributed by atoms with E-state index in [0.29, 0.717) is 0 Å². The Labute approximate surface area is 93.8 Å². The zero-order chi connectivity index (χ0) is 10.3. The van der Waals surface area contributed by atoms with Gasteiger partial charge < -0.3 is 4.90 Å². The minimum Gasteiger partial charge on any atom is -0.346 e. The molecular weight excluding hydrogens is 206 g/mol.